The molecule has 128 valence electrons. The zero-order chi connectivity index (χ0) is 17.2. The van der Waals surface area contributed by atoms with Crippen molar-refractivity contribution in [3.05, 3.63) is 48.0 Å². The molecular formula is C18H17N3O4. The van der Waals surface area contributed by atoms with E-state index in [9.17, 15) is 9.59 Å². The molecule has 0 unspecified atom stereocenters. The molecule has 7 heteroatoms. The van der Waals surface area contributed by atoms with Gasteiger partial charge < -0.3 is 25.0 Å². The molecule has 4 rings (SSSR count). The summed E-state index contributed by atoms with van der Waals surface area (Å²) in [4.78, 5) is 26.2. The third-order valence-electron chi connectivity index (χ3n) is 4.17. The molecule has 2 heterocycles. The largest absolute Gasteiger partial charge is 0.454 e. The summed E-state index contributed by atoms with van der Waals surface area (Å²) in [5.41, 5.74) is 1.97. The van der Waals surface area contributed by atoms with Crippen molar-refractivity contribution in [2.45, 2.75) is 0 Å². The predicted molar refractivity (Wildman–Crippen MR) is 92.2 cm³/mol. The highest BCUT2D eigenvalue weighted by Crippen LogP contribution is 2.33. The molecule has 0 spiro atoms. The molecule has 2 aromatic carbocycles. The van der Waals surface area contributed by atoms with E-state index in [2.05, 4.69) is 10.6 Å². The summed E-state index contributed by atoms with van der Waals surface area (Å²) in [5, 5.41) is 5.72. The van der Waals surface area contributed by atoms with Crippen LogP contribution in [0.5, 0.6) is 11.5 Å². The average Bonchev–Trinajstić information content (AvgIpc) is 3.10. The number of ether oxygens (including phenoxy) is 2. The molecule has 25 heavy (non-hydrogen) atoms. The second-order valence-electron chi connectivity index (χ2n) is 5.81. The molecule has 7 nitrogen and oxygen atoms in total. The Bertz CT molecular complexity index is 837. The molecule has 1 saturated heterocycles. The highest BCUT2D eigenvalue weighted by atomic mass is 16.7. The van der Waals surface area contributed by atoms with E-state index in [0.717, 1.165) is 5.69 Å². The van der Waals surface area contributed by atoms with Crippen molar-refractivity contribution in [2.75, 3.05) is 36.6 Å². The van der Waals surface area contributed by atoms with Gasteiger partial charge in [-0.1, -0.05) is 12.1 Å². The number of amides is 2. The highest BCUT2D eigenvalue weighted by molar-refractivity contribution is 6.06. The predicted octanol–water partition coefficient (Wildman–Crippen LogP) is 1.60. The van der Waals surface area contributed by atoms with E-state index >= 15 is 0 Å². The summed E-state index contributed by atoms with van der Waals surface area (Å²) in [6, 6.07) is 12.5. The van der Waals surface area contributed by atoms with Crippen LogP contribution in [0.15, 0.2) is 42.5 Å². The summed E-state index contributed by atoms with van der Waals surface area (Å²) in [7, 11) is 0. The number of fused-ring (bicyclic) bond motifs is 1. The SMILES string of the molecule is O=C1CN(c2ccccc2NC(=O)c2ccc3c(c2)OCO3)CCN1. The van der Waals surface area contributed by atoms with Crippen LogP contribution in [0.25, 0.3) is 0 Å². The number of hydrogen-bond donors (Lipinski definition) is 2. The van der Waals surface area contributed by atoms with Crippen LogP contribution in [0.3, 0.4) is 0 Å². The Balaban J connectivity index is 1.56. The smallest absolute Gasteiger partial charge is 0.255 e. The second kappa shape index (κ2) is 6.35. The maximum atomic E-state index is 12.6. The minimum Gasteiger partial charge on any atom is -0.454 e. The van der Waals surface area contributed by atoms with E-state index in [1.807, 2.05) is 29.2 Å². The van der Waals surface area contributed by atoms with Gasteiger partial charge in [-0.25, -0.2) is 0 Å². The molecule has 0 bridgehead atoms. The zero-order valence-electron chi connectivity index (χ0n) is 13.5. The number of nitrogens with zero attached hydrogens (tertiary/aromatic N) is 1. The van der Waals surface area contributed by atoms with Gasteiger partial charge in [-0.05, 0) is 30.3 Å². The summed E-state index contributed by atoms with van der Waals surface area (Å²) in [6.45, 7) is 1.73. The van der Waals surface area contributed by atoms with E-state index in [0.29, 0.717) is 35.8 Å². The second-order valence-corrected chi connectivity index (χ2v) is 5.81. The number of anilines is 2. The number of rotatable bonds is 3. The molecule has 2 aliphatic heterocycles. The average molecular weight is 339 g/mol. The van der Waals surface area contributed by atoms with Gasteiger partial charge in [-0.3, -0.25) is 9.59 Å². The van der Waals surface area contributed by atoms with Crippen LogP contribution in [0.1, 0.15) is 10.4 Å². The van der Waals surface area contributed by atoms with Crippen molar-refractivity contribution in [3.63, 3.8) is 0 Å². The van der Waals surface area contributed by atoms with Gasteiger partial charge in [0.1, 0.15) is 0 Å². The van der Waals surface area contributed by atoms with Gasteiger partial charge in [-0.15, -0.1) is 0 Å². The molecule has 0 atom stereocenters. The van der Waals surface area contributed by atoms with Crippen LogP contribution >= 0.6 is 0 Å². The van der Waals surface area contributed by atoms with Crippen molar-refractivity contribution < 1.29 is 19.1 Å². The fourth-order valence-corrected chi connectivity index (χ4v) is 2.93. The van der Waals surface area contributed by atoms with Gasteiger partial charge in [0, 0.05) is 18.7 Å². The van der Waals surface area contributed by atoms with E-state index in [1.165, 1.54) is 0 Å². The molecule has 0 radical (unpaired) electrons. The van der Waals surface area contributed by atoms with Gasteiger partial charge >= 0.3 is 0 Å². The number of nitrogens with one attached hydrogen (secondary N) is 2. The number of piperazine rings is 1. The van der Waals surface area contributed by atoms with Gasteiger partial charge in [0.05, 0.1) is 17.9 Å². The summed E-state index contributed by atoms with van der Waals surface area (Å²) in [6.07, 6.45) is 0. The zero-order valence-corrected chi connectivity index (χ0v) is 13.5. The van der Waals surface area contributed by atoms with E-state index < -0.39 is 0 Å². The Kier molecular flexibility index (Phi) is 3.89. The first-order valence-electron chi connectivity index (χ1n) is 8.02. The highest BCUT2D eigenvalue weighted by Gasteiger charge is 2.21. The molecule has 0 aliphatic carbocycles. The first-order chi connectivity index (χ1) is 12.2. The standard InChI is InChI=1S/C18H17N3O4/c22-17-10-21(8-7-19-17)14-4-2-1-3-13(14)20-18(23)12-5-6-15-16(9-12)25-11-24-15/h1-6,9H,7-8,10-11H2,(H,19,22)(H,20,23). The van der Waals surface area contributed by atoms with Gasteiger partial charge in [0.2, 0.25) is 12.7 Å². The van der Waals surface area contributed by atoms with Crippen LogP contribution in [0.2, 0.25) is 0 Å². The molecule has 2 aliphatic rings. The van der Waals surface area contributed by atoms with Crippen molar-refractivity contribution in [2.24, 2.45) is 0 Å². The third kappa shape index (κ3) is 3.08. The topological polar surface area (TPSA) is 79.9 Å². The number of para-hydroxylation sites is 2. The summed E-state index contributed by atoms with van der Waals surface area (Å²) >= 11 is 0. The van der Waals surface area contributed by atoms with Crippen LogP contribution in [0, 0.1) is 0 Å². The van der Waals surface area contributed by atoms with E-state index in [1.54, 1.807) is 18.2 Å². The maximum absolute atomic E-state index is 12.6. The lowest BCUT2D eigenvalue weighted by Crippen LogP contribution is -2.47. The monoisotopic (exact) mass is 339 g/mol. The Morgan fingerprint density at radius 3 is 2.84 bits per heavy atom. The Morgan fingerprint density at radius 1 is 1.12 bits per heavy atom. The lowest BCUT2D eigenvalue weighted by Gasteiger charge is -2.30. The molecule has 0 aromatic heterocycles. The van der Waals surface area contributed by atoms with Crippen molar-refractivity contribution >= 4 is 23.2 Å². The fourth-order valence-electron chi connectivity index (χ4n) is 2.93. The number of hydrogen-bond acceptors (Lipinski definition) is 5. The third-order valence-corrected chi connectivity index (χ3v) is 4.17. The Morgan fingerprint density at radius 2 is 1.96 bits per heavy atom. The minimum absolute atomic E-state index is 0.0249. The van der Waals surface area contributed by atoms with Gasteiger partial charge in [0.15, 0.2) is 11.5 Å². The number of carbonyl (C=O) groups is 2. The first-order valence-corrected chi connectivity index (χ1v) is 8.02. The van der Waals surface area contributed by atoms with Crippen LogP contribution in [0.4, 0.5) is 11.4 Å². The summed E-state index contributed by atoms with van der Waals surface area (Å²) < 4.78 is 10.6. The van der Waals surface area contributed by atoms with Gasteiger partial charge in [0.25, 0.3) is 5.91 Å². The van der Waals surface area contributed by atoms with Gasteiger partial charge in [-0.2, -0.15) is 0 Å². The fraction of sp³-hybridized carbons (Fsp3) is 0.222. The van der Waals surface area contributed by atoms with Crippen LogP contribution in [-0.4, -0.2) is 38.2 Å². The lowest BCUT2D eigenvalue weighted by atomic mass is 10.1. The first kappa shape index (κ1) is 15.3. The van der Waals surface area contributed by atoms with Crippen molar-refractivity contribution in [3.8, 4) is 11.5 Å². The maximum Gasteiger partial charge on any atom is 0.255 e. The lowest BCUT2D eigenvalue weighted by molar-refractivity contribution is -0.120. The van der Waals surface area contributed by atoms with Crippen molar-refractivity contribution in [1.82, 2.24) is 5.32 Å². The molecule has 0 saturated carbocycles. The van der Waals surface area contributed by atoms with Crippen LogP contribution < -0.4 is 25.0 Å². The number of benzene rings is 2. The molecule has 2 aromatic rings. The quantitative estimate of drug-likeness (QED) is 0.888. The molecular weight excluding hydrogens is 322 g/mol. The minimum atomic E-state index is -0.243. The van der Waals surface area contributed by atoms with Crippen LogP contribution in [-0.2, 0) is 4.79 Å². The number of carbonyl (C=O) groups excluding carboxylic acids is 2. The molecule has 2 amide bonds. The normalized spacial score (nSPS) is 15.7. The Hall–Kier alpha value is -3.22. The molecule has 1 fully saturated rings. The summed E-state index contributed by atoms with van der Waals surface area (Å²) in [5.74, 6) is 0.931. The van der Waals surface area contributed by atoms with E-state index in [4.69, 9.17) is 9.47 Å². The van der Waals surface area contributed by atoms with Crippen molar-refractivity contribution in [1.29, 1.82) is 0 Å². The molecule has 2 N–H and O–H groups in total. The Labute approximate surface area is 144 Å². The van der Waals surface area contributed by atoms with E-state index in [-0.39, 0.29) is 25.2 Å².